The van der Waals surface area contributed by atoms with Gasteiger partial charge in [-0.2, -0.15) is 0 Å². The molecule has 4 heteroatoms. The summed E-state index contributed by atoms with van der Waals surface area (Å²) in [6, 6.07) is 5.77. The van der Waals surface area contributed by atoms with Crippen molar-refractivity contribution in [2.24, 2.45) is 0 Å². The fourth-order valence-corrected chi connectivity index (χ4v) is 3.22. The Balaban J connectivity index is 1.91. The second kappa shape index (κ2) is 5.37. The van der Waals surface area contributed by atoms with Crippen molar-refractivity contribution in [3.8, 4) is 0 Å². The van der Waals surface area contributed by atoms with Crippen LogP contribution in [0, 0.1) is 0 Å². The molecule has 82 valence electrons. The van der Waals surface area contributed by atoms with Gasteiger partial charge in [0.05, 0.1) is 11.4 Å². The summed E-state index contributed by atoms with van der Waals surface area (Å²) in [5.41, 5.74) is 0.932. The van der Waals surface area contributed by atoms with E-state index in [1.807, 2.05) is 18.2 Å². The summed E-state index contributed by atoms with van der Waals surface area (Å²) in [4.78, 5) is 4.20. The van der Waals surface area contributed by atoms with Gasteiger partial charge in [-0.15, -0.1) is 0 Å². The Kier molecular flexibility index (Phi) is 3.86. The highest BCUT2D eigenvalue weighted by Crippen LogP contribution is 2.12. The van der Waals surface area contributed by atoms with Crippen LogP contribution in [-0.4, -0.2) is 27.5 Å². The number of nitrogens with zero attached hydrogens (tertiary/aromatic N) is 1. The number of pyridine rings is 1. The lowest BCUT2D eigenvalue weighted by Gasteiger charge is -2.21. The van der Waals surface area contributed by atoms with E-state index in [1.54, 1.807) is 6.20 Å². The molecule has 1 aromatic heterocycles. The van der Waals surface area contributed by atoms with Crippen LogP contribution in [0.4, 0.5) is 0 Å². The van der Waals surface area contributed by atoms with E-state index < -0.39 is 10.8 Å². The molecule has 1 aromatic rings. The molecule has 2 heterocycles. The molecule has 15 heavy (non-hydrogen) atoms. The van der Waals surface area contributed by atoms with Gasteiger partial charge in [-0.05, 0) is 31.5 Å². The van der Waals surface area contributed by atoms with Crippen LogP contribution in [0.3, 0.4) is 0 Å². The first-order chi connectivity index (χ1) is 7.36. The molecular weight excluding hydrogens is 208 g/mol. The molecule has 2 atom stereocenters. The van der Waals surface area contributed by atoms with Crippen molar-refractivity contribution in [3.63, 3.8) is 0 Å². The van der Waals surface area contributed by atoms with Crippen molar-refractivity contribution in [1.82, 2.24) is 10.3 Å². The molecule has 0 spiro atoms. The van der Waals surface area contributed by atoms with Gasteiger partial charge in [0.2, 0.25) is 0 Å². The van der Waals surface area contributed by atoms with Gasteiger partial charge >= 0.3 is 0 Å². The molecule has 1 aliphatic rings. The van der Waals surface area contributed by atoms with E-state index in [9.17, 15) is 4.21 Å². The van der Waals surface area contributed by atoms with Gasteiger partial charge in [0.1, 0.15) is 0 Å². The molecule has 0 bridgehead atoms. The highest BCUT2D eigenvalue weighted by Gasteiger charge is 2.19. The smallest absolute Gasteiger partial charge is 0.0662 e. The lowest BCUT2D eigenvalue weighted by molar-refractivity contribution is 0.519. The maximum absolute atomic E-state index is 12.0. The molecule has 0 aromatic carbocycles. The lowest BCUT2D eigenvalue weighted by atomic mass is 10.2. The van der Waals surface area contributed by atoms with Crippen LogP contribution in [-0.2, 0) is 16.6 Å². The summed E-state index contributed by atoms with van der Waals surface area (Å²) in [7, 11) is -0.782. The zero-order chi connectivity index (χ0) is 10.5. The van der Waals surface area contributed by atoms with Crippen LogP contribution < -0.4 is 5.32 Å². The minimum atomic E-state index is -0.782. The zero-order valence-corrected chi connectivity index (χ0v) is 9.50. The van der Waals surface area contributed by atoms with E-state index >= 15 is 0 Å². The van der Waals surface area contributed by atoms with E-state index in [2.05, 4.69) is 10.3 Å². The monoisotopic (exact) mass is 224 g/mol. The Labute approximate surface area is 92.8 Å². The van der Waals surface area contributed by atoms with Crippen molar-refractivity contribution < 1.29 is 4.21 Å². The molecule has 0 unspecified atom stereocenters. The van der Waals surface area contributed by atoms with E-state index in [0.717, 1.165) is 31.6 Å². The number of hydrogen-bond donors (Lipinski definition) is 1. The van der Waals surface area contributed by atoms with Crippen LogP contribution in [0.1, 0.15) is 18.5 Å². The Morgan fingerprint density at radius 2 is 2.47 bits per heavy atom. The standard InChI is InChI=1S/C11H16N2OS/c14-15(11-5-3-6-12-8-11)9-10-4-1-2-7-13-10/h1-2,4,7,11-12H,3,5-6,8-9H2/t11-,15+/m0/s1. The van der Waals surface area contributed by atoms with Crippen molar-refractivity contribution >= 4 is 10.8 Å². The first-order valence-electron chi connectivity index (χ1n) is 5.34. The van der Waals surface area contributed by atoms with Crippen LogP contribution in [0.25, 0.3) is 0 Å². The van der Waals surface area contributed by atoms with E-state index in [4.69, 9.17) is 0 Å². The third-order valence-corrected chi connectivity index (χ3v) is 4.37. The maximum atomic E-state index is 12.0. The van der Waals surface area contributed by atoms with E-state index in [0.29, 0.717) is 11.0 Å². The number of rotatable bonds is 3. The minimum absolute atomic E-state index is 0.306. The summed E-state index contributed by atoms with van der Waals surface area (Å²) in [5, 5.41) is 3.59. The molecular formula is C11H16N2OS. The summed E-state index contributed by atoms with van der Waals surface area (Å²) >= 11 is 0. The Bertz CT molecular complexity index is 323. The summed E-state index contributed by atoms with van der Waals surface area (Å²) < 4.78 is 12.0. The third kappa shape index (κ3) is 3.11. The van der Waals surface area contributed by atoms with Gasteiger partial charge in [-0.3, -0.25) is 9.19 Å². The molecule has 0 radical (unpaired) electrons. The van der Waals surface area contributed by atoms with Gasteiger partial charge in [-0.25, -0.2) is 0 Å². The van der Waals surface area contributed by atoms with Gasteiger partial charge < -0.3 is 5.32 Å². The molecule has 2 rings (SSSR count). The van der Waals surface area contributed by atoms with Gasteiger partial charge in [0.15, 0.2) is 0 Å². The van der Waals surface area contributed by atoms with Gasteiger partial charge in [0, 0.05) is 28.8 Å². The molecule has 1 saturated heterocycles. The van der Waals surface area contributed by atoms with Crippen molar-refractivity contribution in [2.75, 3.05) is 13.1 Å². The number of nitrogens with one attached hydrogen (secondary N) is 1. The lowest BCUT2D eigenvalue weighted by Crippen LogP contribution is -2.36. The van der Waals surface area contributed by atoms with E-state index in [1.165, 1.54) is 0 Å². The van der Waals surface area contributed by atoms with Gasteiger partial charge in [-0.1, -0.05) is 6.07 Å². The zero-order valence-electron chi connectivity index (χ0n) is 8.69. The highest BCUT2D eigenvalue weighted by molar-refractivity contribution is 7.84. The molecule has 3 nitrogen and oxygen atoms in total. The fraction of sp³-hybridized carbons (Fsp3) is 0.545. The average Bonchev–Trinajstić information content (AvgIpc) is 2.31. The largest absolute Gasteiger partial charge is 0.316 e. The van der Waals surface area contributed by atoms with Crippen molar-refractivity contribution in [3.05, 3.63) is 30.1 Å². The quantitative estimate of drug-likeness (QED) is 0.835. The van der Waals surface area contributed by atoms with Crippen LogP contribution in [0.2, 0.25) is 0 Å². The molecule has 0 saturated carbocycles. The SMILES string of the molecule is O=[S@](Cc1ccccn1)[C@H]1CCCNC1. The third-order valence-electron chi connectivity index (χ3n) is 2.64. The second-order valence-electron chi connectivity index (χ2n) is 3.81. The molecule has 1 aliphatic heterocycles. The maximum Gasteiger partial charge on any atom is 0.0662 e. The van der Waals surface area contributed by atoms with Crippen LogP contribution in [0.5, 0.6) is 0 Å². The predicted octanol–water partition coefficient (Wildman–Crippen LogP) is 1.08. The number of hydrogen-bond acceptors (Lipinski definition) is 3. The van der Waals surface area contributed by atoms with Gasteiger partial charge in [0.25, 0.3) is 0 Å². The van der Waals surface area contributed by atoms with Crippen LogP contribution in [0.15, 0.2) is 24.4 Å². The van der Waals surface area contributed by atoms with E-state index in [-0.39, 0.29) is 0 Å². The first-order valence-corrected chi connectivity index (χ1v) is 6.72. The molecule has 1 N–H and O–H groups in total. The predicted molar refractivity (Wildman–Crippen MR) is 62.0 cm³/mol. The van der Waals surface area contributed by atoms with Crippen LogP contribution >= 0.6 is 0 Å². The Morgan fingerprint density at radius 3 is 3.13 bits per heavy atom. The normalized spacial score (nSPS) is 23.6. The number of piperidine rings is 1. The molecule has 0 aliphatic carbocycles. The molecule has 0 amide bonds. The second-order valence-corrected chi connectivity index (χ2v) is 5.53. The number of aromatic nitrogens is 1. The molecule has 1 fully saturated rings. The topological polar surface area (TPSA) is 42.0 Å². The van der Waals surface area contributed by atoms with Crippen molar-refractivity contribution in [1.29, 1.82) is 0 Å². The Hall–Kier alpha value is -0.740. The first kappa shape index (κ1) is 10.8. The average molecular weight is 224 g/mol. The highest BCUT2D eigenvalue weighted by atomic mass is 32.2. The minimum Gasteiger partial charge on any atom is -0.316 e. The fourth-order valence-electron chi connectivity index (χ4n) is 1.79. The Morgan fingerprint density at radius 1 is 1.53 bits per heavy atom. The summed E-state index contributed by atoms with van der Waals surface area (Å²) in [5.74, 6) is 0.590. The summed E-state index contributed by atoms with van der Waals surface area (Å²) in [6.07, 6.45) is 3.97. The summed E-state index contributed by atoms with van der Waals surface area (Å²) in [6.45, 7) is 1.96. The van der Waals surface area contributed by atoms with Crippen molar-refractivity contribution in [2.45, 2.75) is 23.8 Å².